The van der Waals surface area contributed by atoms with Crippen molar-refractivity contribution in [1.29, 1.82) is 0 Å². The van der Waals surface area contributed by atoms with Crippen molar-refractivity contribution in [3.63, 3.8) is 0 Å². The first-order chi connectivity index (χ1) is 9.69. The van der Waals surface area contributed by atoms with Gasteiger partial charge in [-0.1, -0.05) is 11.3 Å². The lowest BCUT2D eigenvalue weighted by Crippen LogP contribution is -2.25. The number of hydrogen-bond acceptors (Lipinski definition) is 6. The molecule has 0 aliphatic rings. The molecule has 0 bridgehead atoms. The first-order valence-electron chi connectivity index (χ1n) is 6.28. The van der Waals surface area contributed by atoms with Gasteiger partial charge in [-0.2, -0.15) is 0 Å². The summed E-state index contributed by atoms with van der Waals surface area (Å²) < 4.78 is 5.32. The van der Waals surface area contributed by atoms with Gasteiger partial charge >= 0.3 is 0 Å². The summed E-state index contributed by atoms with van der Waals surface area (Å²) in [6.07, 6.45) is 0.623. The number of nitrogen functional groups attached to an aromatic ring is 1. The smallest absolute Gasteiger partial charge is 0.251 e. The summed E-state index contributed by atoms with van der Waals surface area (Å²) in [5.41, 5.74) is 6.09. The number of nitrogens with one attached hydrogen (secondary N) is 1. The highest BCUT2D eigenvalue weighted by Crippen LogP contribution is 2.12. The van der Waals surface area contributed by atoms with Gasteiger partial charge in [-0.3, -0.25) is 4.79 Å². The van der Waals surface area contributed by atoms with Crippen LogP contribution in [0.2, 0.25) is 0 Å². The zero-order chi connectivity index (χ0) is 14.4. The van der Waals surface area contributed by atoms with Gasteiger partial charge < -0.3 is 15.8 Å². The van der Waals surface area contributed by atoms with Crippen LogP contribution in [0.25, 0.3) is 0 Å². The van der Waals surface area contributed by atoms with Crippen LogP contribution in [-0.4, -0.2) is 29.3 Å². The molecule has 0 fully saturated rings. The Morgan fingerprint density at radius 2 is 2.10 bits per heavy atom. The van der Waals surface area contributed by atoms with E-state index >= 15 is 0 Å². The number of benzene rings is 1. The van der Waals surface area contributed by atoms with E-state index in [2.05, 4.69) is 15.5 Å². The first kappa shape index (κ1) is 14.3. The number of rotatable bonds is 6. The van der Waals surface area contributed by atoms with Gasteiger partial charge in [-0.15, -0.1) is 10.2 Å². The molecule has 0 aliphatic carbocycles. The van der Waals surface area contributed by atoms with E-state index < -0.39 is 0 Å². The van der Waals surface area contributed by atoms with Gasteiger partial charge in [0.15, 0.2) is 0 Å². The van der Waals surface area contributed by atoms with Crippen LogP contribution >= 0.6 is 11.3 Å². The van der Waals surface area contributed by atoms with Crippen molar-refractivity contribution in [2.75, 3.05) is 18.9 Å². The van der Waals surface area contributed by atoms with Crippen LogP contribution in [0.4, 0.5) is 5.13 Å². The van der Waals surface area contributed by atoms with Crippen LogP contribution in [0.15, 0.2) is 24.3 Å². The fourth-order valence-electron chi connectivity index (χ4n) is 1.62. The predicted octanol–water partition coefficient (Wildman–Crippen LogP) is 1.49. The number of aromatic nitrogens is 2. The highest BCUT2D eigenvalue weighted by atomic mass is 32.1. The molecule has 1 amide bonds. The quantitative estimate of drug-likeness (QED) is 0.842. The Morgan fingerprint density at radius 1 is 1.35 bits per heavy atom. The third-order valence-electron chi connectivity index (χ3n) is 2.53. The van der Waals surface area contributed by atoms with Crippen LogP contribution in [0.1, 0.15) is 22.3 Å². The standard InChI is InChI=1S/C13H16N4O2S/c1-2-19-10-5-3-9(4-6-10)12(18)15-8-7-11-16-17-13(14)20-11/h3-6H,2,7-8H2,1H3,(H2,14,17)(H,15,18). The molecule has 7 heteroatoms. The predicted molar refractivity (Wildman–Crippen MR) is 78.0 cm³/mol. The van der Waals surface area contributed by atoms with Gasteiger partial charge in [0.05, 0.1) is 6.61 Å². The molecule has 0 aliphatic heterocycles. The Kier molecular flexibility index (Phi) is 4.89. The molecule has 20 heavy (non-hydrogen) atoms. The minimum Gasteiger partial charge on any atom is -0.494 e. The second-order valence-electron chi connectivity index (χ2n) is 4.00. The van der Waals surface area contributed by atoms with Gasteiger partial charge in [0.1, 0.15) is 10.8 Å². The molecule has 2 rings (SSSR count). The zero-order valence-electron chi connectivity index (χ0n) is 11.1. The molecular weight excluding hydrogens is 276 g/mol. The van der Waals surface area contributed by atoms with Gasteiger partial charge in [-0.25, -0.2) is 0 Å². The van der Waals surface area contributed by atoms with Crippen molar-refractivity contribution in [3.05, 3.63) is 34.8 Å². The van der Waals surface area contributed by atoms with E-state index in [1.54, 1.807) is 24.3 Å². The zero-order valence-corrected chi connectivity index (χ0v) is 11.9. The fourth-order valence-corrected chi connectivity index (χ4v) is 2.23. The Hall–Kier alpha value is -2.15. The number of carbonyl (C=O) groups is 1. The van der Waals surface area contributed by atoms with Crippen LogP contribution in [0.3, 0.4) is 0 Å². The average Bonchev–Trinajstić information content (AvgIpc) is 2.85. The van der Waals surface area contributed by atoms with Crippen LogP contribution in [0.5, 0.6) is 5.75 Å². The molecule has 6 nitrogen and oxygen atoms in total. The Morgan fingerprint density at radius 3 is 2.70 bits per heavy atom. The van der Waals surface area contributed by atoms with E-state index in [0.717, 1.165) is 10.8 Å². The first-order valence-corrected chi connectivity index (χ1v) is 7.09. The average molecular weight is 292 g/mol. The summed E-state index contributed by atoms with van der Waals surface area (Å²) in [6.45, 7) is 3.03. The minimum absolute atomic E-state index is 0.120. The van der Waals surface area contributed by atoms with Crippen molar-refractivity contribution in [3.8, 4) is 5.75 Å². The third kappa shape index (κ3) is 3.92. The van der Waals surface area contributed by atoms with Crippen molar-refractivity contribution in [1.82, 2.24) is 15.5 Å². The van der Waals surface area contributed by atoms with Crippen molar-refractivity contribution in [2.45, 2.75) is 13.3 Å². The lowest BCUT2D eigenvalue weighted by atomic mass is 10.2. The number of anilines is 1. The molecule has 0 saturated heterocycles. The molecule has 0 atom stereocenters. The topological polar surface area (TPSA) is 90.1 Å². The van der Waals surface area contributed by atoms with E-state index in [9.17, 15) is 4.79 Å². The van der Waals surface area contributed by atoms with E-state index in [-0.39, 0.29) is 5.91 Å². The summed E-state index contributed by atoms with van der Waals surface area (Å²) in [6, 6.07) is 7.04. The second kappa shape index (κ2) is 6.85. The van der Waals surface area contributed by atoms with Crippen molar-refractivity contribution in [2.24, 2.45) is 0 Å². The van der Waals surface area contributed by atoms with Crippen LogP contribution in [0, 0.1) is 0 Å². The summed E-state index contributed by atoms with van der Waals surface area (Å²) in [4.78, 5) is 11.9. The highest BCUT2D eigenvalue weighted by molar-refractivity contribution is 7.15. The molecule has 0 radical (unpaired) electrons. The molecular formula is C13H16N4O2S. The molecule has 3 N–H and O–H groups in total. The maximum Gasteiger partial charge on any atom is 0.251 e. The van der Waals surface area contributed by atoms with E-state index in [1.807, 2.05) is 6.92 Å². The van der Waals surface area contributed by atoms with Gasteiger partial charge in [0, 0.05) is 18.5 Å². The van der Waals surface area contributed by atoms with Gasteiger partial charge in [0.25, 0.3) is 5.91 Å². The SMILES string of the molecule is CCOc1ccc(C(=O)NCCc2nnc(N)s2)cc1. The Bertz CT molecular complexity index is 568. The summed E-state index contributed by atoms with van der Waals surface area (Å²) >= 11 is 1.33. The van der Waals surface area contributed by atoms with Crippen LogP contribution in [-0.2, 0) is 6.42 Å². The van der Waals surface area contributed by atoms with Gasteiger partial charge in [0.2, 0.25) is 5.13 Å². The van der Waals surface area contributed by atoms with E-state index in [4.69, 9.17) is 10.5 Å². The highest BCUT2D eigenvalue weighted by Gasteiger charge is 2.06. The molecule has 1 aromatic carbocycles. The van der Waals surface area contributed by atoms with Crippen LogP contribution < -0.4 is 15.8 Å². The maximum atomic E-state index is 11.9. The molecule has 2 aromatic rings. The Labute approximate surface area is 121 Å². The molecule has 1 heterocycles. The number of nitrogens with two attached hydrogens (primary N) is 1. The lowest BCUT2D eigenvalue weighted by molar-refractivity contribution is 0.0954. The normalized spacial score (nSPS) is 10.2. The monoisotopic (exact) mass is 292 g/mol. The van der Waals surface area contributed by atoms with Crippen molar-refractivity contribution >= 4 is 22.4 Å². The minimum atomic E-state index is -0.120. The van der Waals surface area contributed by atoms with Gasteiger partial charge in [-0.05, 0) is 31.2 Å². The molecule has 106 valence electrons. The summed E-state index contributed by atoms with van der Waals surface area (Å²) in [7, 11) is 0. The fraction of sp³-hybridized carbons (Fsp3) is 0.308. The number of hydrogen-bond donors (Lipinski definition) is 2. The number of amides is 1. The number of carbonyl (C=O) groups excluding carboxylic acids is 1. The number of ether oxygens (including phenoxy) is 1. The third-order valence-corrected chi connectivity index (χ3v) is 3.35. The molecule has 1 aromatic heterocycles. The maximum absolute atomic E-state index is 11.9. The van der Waals surface area contributed by atoms with Crippen molar-refractivity contribution < 1.29 is 9.53 Å². The molecule has 0 spiro atoms. The lowest BCUT2D eigenvalue weighted by Gasteiger charge is -2.06. The largest absolute Gasteiger partial charge is 0.494 e. The second-order valence-corrected chi connectivity index (χ2v) is 5.09. The molecule has 0 unspecified atom stereocenters. The number of nitrogens with zero attached hydrogens (tertiary/aromatic N) is 2. The summed E-state index contributed by atoms with van der Waals surface area (Å²) in [5, 5.41) is 11.7. The van der Waals surface area contributed by atoms with E-state index in [1.165, 1.54) is 11.3 Å². The summed E-state index contributed by atoms with van der Waals surface area (Å²) in [5.74, 6) is 0.638. The van der Waals surface area contributed by atoms with E-state index in [0.29, 0.717) is 30.3 Å². The molecule has 0 saturated carbocycles. The Balaban J connectivity index is 1.82.